The molecule has 2 aliphatic heterocycles. The Morgan fingerprint density at radius 1 is 0.974 bits per heavy atom. The van der Waals surface area contributed by atoms with Gasteiger partial charge in [-0.2, -0.15) is 0 Å². The van der Waals surface area contributed by atoms with Gasteiger partial charge < -0.3 is 28.7 Å². The lowest BCUT2D eigenvalue weighted by Gasteiger charge is -2.42. The first-order valence-electron chi connectivity index (χ1n) is 12.5. The molecule has 38 heavy (non-hydrogen) atoms. The fraction of sp³-hybridized carbons (Fsp3) is 0.310. The van der Waals surface area contributed by atoms with E-state index < -0.39 is 5.43 Å². The van der Waals surface area contributed by atoms with Gasteiger partial charge in [0.05, 0.1) is 25.3 Å². The quantitative estimate of drug-likeness (QED) is 0.413. The van der Waals surface area contributed by atoms with E-state index >= 15 is 0 Å². The number of phenols is 2. The van der Waals surface area contributed by atoms with Crippen molar-refractivity contribution < 1.29 is 24.1 Å². The van der Waals surface area contributed by atoms with E-state index in [2.05, 4.69) is 4.90 Å². The predicted molar refractivity (Wildman–Crippen MR) is 141 cm³/mol. The number of pyridine rings is 1. The van der Waals surface area contributed by atoms with Crippen molar-refractivity contribution in [1.82, 2.24) is 9.47 Å². The number of aromatic nitrogens is 1. The highest BCUT2D eigenvalue weighted by atomic mass is 16.5. The Bertz CT molecular complexity index is 1670. The molecule has 0 unspecified atom stereocenters. The summed E-state index contributed by atoms with van der Waals surface area (Å²) in [6.45, 7) is 2.45. The fourth-order valence-corrected chi connectivity index (χ4v) is 6.03. The minimum Gasteiger partial charge on any atom is -0.507 e. The average Bonchev–Trinajstić information content (AvgIpc) is 2.91. The van der Waals surface area contributed by atoms with Crippen molar-refractivity contribution in [2.24, 2.45) is 5.92 Å². The van der Waals surface area contributed by atoms with E-state index in [0.717, 1.165) is 18.7 Å². The maximum Gasteiger partial charge on any atom is 0.250 e. The van der Waals surface area contributed by atoms with E-state index in [1.165, 1.54) is 26.5 Å². The van der Waals surface area contributed by atoms with Crippen LogP contribution in [0.2, 0.25) is 0 Å². The number of fused-ring (bicyclic) bond motifs is 5. The Morgan fingerprint density at radius 3 is 2.58 bits per heavy atom. The summed E-state index contributed by atoms with van der Waals surface area (Å²) in [4.78, 5) is 28.1. The average molecular weight is 517 g/mol. The molecule has 2 N–H and O–H groups in total. The molecule has 9 nitrogen and oxygen atoms in total. The van der Waals surface area contributed by atoms with Crippen molar-refractivity contribution in [3.05, 3.63) is 80.6 Å². The highest BCUT2D eigenvalue weighted by Gasteiger charge is 2.35. The molecule has 2 bridgehead atoms. The molecular weight excluding hydrogens is 488 g/mol. The maximum absolute atomic E-state index is 13.6. The number of hydrogen-bond donors (Lipinski definition) is 2. The number of piperidine rings is 1. The van der Waals surface area contributed by atoms with Crippen molar-refractivity contribution in [1.29, 1.82) is 0 Å². The number of phenolic OH excluding ortho intramolecular Hbond substituents is 2. The smallest absolute Gasteiger partial charge is 0.250 e. The second kappa shape index (κ2) is 9.25. The summed E-state index contributed by atoms with van der Waals surface area (Å²) < 4.78 is 18.5. The first kappa shape index (κ1) is 24.1. The van der Waals surface area contributed by atoms with Gasteiger partial charge in [0.2, 0.25) is 5.43 Å². The summed E-state index contributed by atoms with van der Waals surface area (Å²) in [5, 5.41) is 21.5. The molecule has 0 aliphatic carbocycles. The van der Waals surface area contributed by atoms with E-state index in [1.54, 1.807) is 30.3 Å². The third-order valence-electron chi connectivity index (χ3n) is 7.74. The van der Waals surface area contributed by atoms with Crippen LogP contribution in [0.15, 0.2) is 62.7 Å². The molecule has 2 aromatic carbocycles. The summed E-state index contributed by atoms with van der Waals surface area (Å²) in [7, 11) is 3.04. The molecule has 4 aromatic rings. The molecule has 196 valence electrons. The van der Waals surface area contributed by atoms with Crippen LogP contribution in [0, 0.1) is 5.92 Å². The lowest BCUT2D eigenvalue weighted by Crippen LogP contribution is -2.46. The van der Waals surface area contributed by atoms with Crippen molar-refractivity contribution in [3.63, 3.8) is 0 Å². The molecule has 0 amide bonds. The Labute approximate surface area is 218 Å². The summed E-state index contributed by atoms with van der Waals surface area (Å²) in [6.07, 6.45) is 2.36. The van der Waals surface area contributed by atoms with Gasteiger partial charge in [-0.25, -0.2) is 0 Å². The van der Waals surface area contributed by atoms with Crippen LogP contribution in [-0.4, -0.2) is 47.0 Å². The Morgan fingerprint density at radius 2 is 1.79 bits per heavy atom. The van der Waals surface area contributed by atoms with Gasteiger partial charge >= 0.3 is 0 Å². The van der Waals surface area contributed by atoms with Crippen LogP contribution in [0.4, 0.5) is 0 Å². The van der Waals surface area contributed by atoms with Crippen LogP contribution < -0.4 is 20.5 Å². The van der Waals surface area contributed by atoms with Crippen LogP contribution in [-0.2, 0) is 13.1 Å². The number of nitrogens with zero attached hydrogens (tertiary/aromatic N) is 2. The minimum atomic E-state index is -0.416. The molecule has 0 spiro atoms. The number of ether oxygens (including phenoxy) is 2. The number of rotatable bonds is 5. The van der Waals surface area contributed by atoms with Gasteiger partial charge in [-0.3, -0.25) is 14.5 Å². The zero-order chi connectivity index (χ0) is 26.6. The largest absolute Gasteiger partial charge is 0.507 e. The summed E-state index contributed by atoms with van der Waals surface area (Å²) >= 11 is 0. The lowest BCUT2D eigenvalue weighted by atomic mass is 9.83. The van der Waals surface area contributed by atoms with Crippen molar-refractivity contribution in [2.75, 3.05) is 27.3 Å². The highest BCUT2D eigenvalue weighted by molar-refractivity contribution is 5.90. The molecule has 0 saturated carbocycles. The van der Waals surface area contributed by atoms with Crippen LogP contribution in [0.1, 0.15) is 23.6 Å². The first-order valence-corrected chi connectivity index (χ1v) is 12.5. The van der Waals surface area contributed by atoms with Gasteiger partial charge in [0.25, 0.3) is 5.56 Å². The fourth-order valence-electron chi connectivity index (χ4n) is 6.03. The third-order valence-corrected chi connectivity index (χ3v) is 7.74. The molecule has 9 heteroatoms. The first-order chi connectivity index (χ1) is 18.4. The number of aromatic hydroxyl groups is 2. The molecule has 2 aliphatic rings. The van der Waals surface area contributed by atoms with Gasteiger partial charge in [0.1, 0.15) is 28.7 Å². The lowest BCUT2D eigenvalue weighted by molar-refractivity contribution is 0.113. The second-order valence-corrected chi connectivity index (χ2v) is 10.0. The zero-order valence-electron chi connectivity index (χ0n) is 21.1. The minimum absolute atomic E-state index is 0.0131. The number of likely N-dealkylation sites (tertiary alicyclic amines) is 1. The number of methoxy groups -OCH3 is 2. The molecule has 1 saturated heterocycles. The van der Waals surface area contributed by atoms with Crippen LogP contribution >= 0.6 is 0 Å². The van der Waals surface area contributed by atoms with Gasteiger partial charge in [0.15, 0.2) is 11.5 Å². The standard InChI is InChI=1S/C29H28N2O7/c1-36-24-7-6-17(9-25(24)37-2)20-15-38-29-19(22(32)10-23(33)27(29)28(20)35)14-30-11-16-8-18(13-30)21-4-3-5-26(34)31(21)12-16/h3-7,9-10,15-16,18,32-33H,8,11-14H2,1-2H3/t16-,18+/m0/s1. The molecule has 0 radical (unpaired) electrons. The van der Waals surface area contributed by atoms with Gasteiger partial charge in [-0.05, 0) is 36.1 Å². The molecular formula is C29H28N2O7. The summed E-state index contributed by atoms with van der Waals surface area (Å²) in [5.41, 5.74) is 2.04. The monoisotopic (exact) mass is 516 g/mol. The maximum atomic E-state index is 13.6. The van der Waals surface area contributed by atoms with E-state index in [-0.39, 0.29) is 39.5 Å². The van der Waals surface area contributed by atoms with E-state index in [0.29, 0.717) is 48.2 Å². The number of hydrogen-bond acceptors (Lipinski definition) is 8. The molecule has 6 rings (SSSR count). The van der Waals surface area contributed by atoms with Gasteiger partial charge in [-0.1, -0.05) is 12.1 Å². The van der Waals surface area contributed by atoms with E-state index in [4.69, 9.17) is 13.9 Å². The Kier molecular flexibility index (Phi) is 5.87. The Hall–Kier alpha value is -4.24. The molecule has 1 fully saturated rings. The van der Waals surface area contributed by atoms with Crippen LogP contribution in [0.5, 0.6) is 23.0 Å². The second-order valence-electron chi connectivity index (χ2n) is 10.0. The third kappa shape index (κ3) is 3.90. The molecule has 2 atom stereocenters. The SMILES string of the molecule is COc1ccc(-c2coc3c(CN4C[C@@H]5C[C@H](C4)c4cccc(=O)n4C5)c(O)cc(O)c3c2=O)cc1OC. The highest BCUT2D eigenvalue weighted by Crippen LogP contribution is 2.39. The van der Waals surface area contributed by atoms with Crippen LogP contribution in [0.3, 0.4) is 0 Å². The van der Waals surface area contributed by atoms with Gasteiger partial charge in [0, 0.05) is 49.9 Å². The van der Waals surface area contributed by atoms with Gasteiger partial charge in [-0.15, -0.1) is 0 Å². The summed E-state index contributed by atoms with van der Waals surface area (Å²) in [6, 6.07) is 11.7. The van der Waals surface area contributed by atoms with Crippen molar-refractivity contribution in [3.8, 4) is 34.1 Å². The summed E-state index contributed by atoms with van der Waals surface area (Å²) in [5.74, 6) is 1.00. The Balaban J connectivity index is 1.38. The van der Waals surface area contributed by atoms with E-state index in [9.17, 15) is 19.8 Å². The zero-order valence-corrected chi connectivity index (χ0v) is 21.1. The molecule has 2 aromatic heterocycles. The topological polar surface area (TPSA) is 114 Å². The van der Waals surface area contributed by atoms with Crippen LogP contribution in [0.25, 0.3) is 22.1 Å². The van der Waals surface area contributed by atoms with Crippen molar-refractivity contribution in [2.45, 2.75) is 25.4 Å². The van der Waals surface area contributed by atoms with Crippen molar-refractivity contribution >= 4 is 11.0 Å². The predicted octanol–water partition coefficient (Wildman–Crippen LogP) is 3.67. The molecule has 4 heterocycles. The van der Waals surface area contributed by atoms with E-state index in [1.807, 2.05) is 10.6 Å². The number of benzene rings is 2. The normalized spacial score (nSPS) is 18.8.